The molecule has 6 aromatic rings. The van der Waals surface area contributed by atoms with E-state index in [4.69, 9.17) is 15.0 Å². The molecule has 218 valence electrons. The second-order valence-electron chi connectivity index (χ2n) is 11.9. The van der Waals surface area contributed by atoms with Crippen molar-refractivity contribution in [2.45, 2.75) is 39.5 Å². The predicted molar refractivity (Wildman–Crippen MR) is 193 cm³/mol. The fourth-order valence-corrected chi connectivity index (χ4v) is 7.91. The van der Waals surface area contributed by atoms with Crippen LogP contribution in [0.2, 0.25) is 0 Å². The predicted octanol–water partition coefficient (Wildman–Crippen LogP) is 8.80. The van der Waals surface area contributed by atoms with E-state index in [9.17, 15) is 0 Å². The third-order valence-electron chi connectivity index (χ3n) is 8.96. The number of hydrogen-bond donors (Lipinski definition) is 0. The Morgan fingerprint density at radius 3 is 2.27 bits per heavy atom. The first kappa shape index (κ1) is 27.7. The number of thiophene rings is 1. The lowest BCUT2D eigenvalue weighted by Gasteiger charge is -2.13. The van der Waals surface area contributed by atoms with Crippen molar-refractivity contribution in [2.24, 2.45) is 0 Å². The normalized spacial score (nSPS) is 14.4. The minimum atomic E-state index is 0.689. The Hall–Kier alpha value is -4.81. The topological polar surface area (TPSA) is 43.6 Å². The van der Waals surface area contributed by atoms with E-state index in [1.165, 1.54) is 37.0 Å². The largest absolute Gasteiger partial charge is 0.385 e. The number of aromatic nitrogens is 4. The third-order valence-corrected chi connectivity index (χ3v) is 10.2. The molecular weight excluding hydrogens is 567 g/mol. The highest BCUT2D eigenvalue weighted by atomic mass is 32.1. The lowest BCUT2D eigenvalue weighted by atomic mass is 9.81. The molecule has 2 aliphatic rings. The van der Waals surface area contributed by atoms with Crippen LogP contribution >= 0.6 is 11.3 Å². The average molecular weight is 601 g/mol. The minimum Gasteiger partial charge on any atom is -0.385 e. The summed E-state index contributed by atoms with van der Waals surface area (Å²) in [6, 6.07) is 23.8. The number of nitrogens with zero attached hydrogens (tertiary/aromatic N) is 4. The first-order chi connectivity index (χ1) is 22.2. The summed E-state index contributed by atoms with van der Waals surface area (Å²) in [5.74, 6) is 2.09. The van der Waals surface area contributed by atoms with Gasteiger partial charge in [-0.15, -0.1) is 11.3 Å². The van der Waals surface area contributed by atoms with Crippen molar-refractivity contribution in [2.75, 3.05) is 0 Å². The maximum absolute atomic E-state index is 5.09. The second kappa shape index (κ2) is 11.6. The highest BCUT2D eigenvalue weighted by Gasteiger charge is 2.23. The van der Waals surface area contributed by atoms with Crippen molar-refractivity contribution in [1.29, 1.82) is 0 Å². The van der Waals surface area contributed by atoms with Gasteiger partial charge in [-0.2, -0.15) is 0 Å². The summed E-state index contributed by atoms with van der Waals surface area (Å²) in [5, 5.41) is 2.51. The van der Waals surface area contributed by atoms with Crippen molar-refractivity contribution in [3.63, 3.8) is 0 Å². The lowest BCUT2D eigenvalue weighted by Crippen LogP contribution is -2.24. The van der Waals surface area contributed by atoms with Crippen LogP contribution in [-0.2, 0) is 12.8 Å². The molecule has 2 aliphatic carbocycles. The SMILES string of the molecule is C/C=C\C=C(/C)c1nc(-c2ccc(Bn3c4c(c5c3C=CCC5)CCC=C4)cc2)nc(-c2cccc3c2sc2ccccc23)n1. The van der Waals surface area contributed by atoms with E-state index < -0.39 is 0 Å². The lowest BCUT2D eigenvalue weighted by molar-refractivity contribution is 0.922. The molecule has 0 amide bonds. The van der Waals surface area contributed by atoms with Crippen LogP contribution in [0.4, 0.5) is 0 Å². The van der Waals surface area contributed by atoms with Crippen LogP contribution in [0.25, 0.3) is 60.7 Å². The molecule has 6 heteroatoms. The van der Waals surface area contributed by atoms with Gasteiger partial charge in [0.15, 0.2) is 17.5 Å². The number of benzene rings is 3. The average Bonchev–Trinajstić information content (AvgIpc) is 3.63. The standard InChI is InChI=1S/C39H33BN4S/c1-3-4-12-25(2)37-41-38(43-39(42-37)32-17-11-16-31-30-15-7-10-20-35(30)45-36(31)32)26-21-23-27(24-22-26)40-44-33-18-8-5-13-28(33)29-14-6-9-19-34(29)44/h3-4,7-12,15-24,40H,5-6,13-14H2,1-2H3/b4-3-,25-12+. The first-order valence-corrected chi connectivity index (χ1v) is 16.6. The maximum atomic E-state index is 5.09. The molecule has 3 aromatic heterocycles. The Morgan fingerprint density at radius 1 is 0.800 bits per heavy atom. The molecule has 0 unspecified atom stereocenters. The van der Waals surface area contributed by atoms with E-state index in [1.54, 1.807) is 22.5 Å². The summed E-state index contributed by atoms with van der Waals surface area (Å²) in [5.41, 5.74) is 10.2. The Morgan fingerprint density at radius 2 is 1.51 bits per heavy atom. The van der Waals surface area contributed by atoms with Gasteiger partial charge in [-0.05, 0) is 80.5 Å². The van der Waals surface area contributed by atoms with E-state index in [2.05, 4.69) is 109 Å². The van der Waals surface area contributed by atoms with E-state index in [0.717, 1.165) is 49.8 Å². The summed E-state index contributed by atoms with van der Waals surface area (Å²) in [6.45, 7) is 4.08. The van der Waals surface area contributed by atoms with Crippen molar-refractivity contribution < 1.29 is 0 Å². The van der Waals surface area contributed by atoms with Gasteiger partial charge in [0.05, 0.1) is 0 Å². The number of hydrogen-bond acceptors (Lipinski definition) is 4. The molecule has 0 N–H and O–H groups in total. The quantitative estimate of drug-likeness (QED) is 0.142. The Bertz CT molecular complexity index is 2170. The van der Waals surface area contributed by atoms with E-state index in [1.807, 2.05) is 19.1 Å². The van der Waals surface area contributed by atoms with Crippen LogP contribution in [0.15, 0.2) is 97.1 Å². The van der Waals surface area contributed by atoms with Gasteiger partial charge in [0.2, 0.25) is 0 Å². The van der Waals surface area contributed by atoms with Gasteiger partial charge in [-0.25, -0.2) is 15.0 Å². The molecular formula is C39H33BN4S. The highest BCUT2D eigenvalue weighted by molar-refractivity contribution is 7.26. The molecule has 8 rings (SSSR count). The van der Waals surface area contributed by atoms with Gasteiger partial charge < -0.3 is 4.48 Å². The smallest absolute Gasteiger partial charge is 0.275 e. The monoisotopic (exact) mass is 600 g/mol. The summed E-state index contributed by atoms with van der Waals surface area (Å²) >= 11 is 1.80. The van der Waals surface area contributed by atoms with E-state index >= 15 is 0 Å². The summed E-state index contributed by atoms with van der Waals surface area (Å²) in [6.07, 6.45) is 20.0. The van der Waals surface area contributed by atoms with Gasteiger partial charge in [0.25, 0.3) is 7.41 Å². The van der Waals surface area contributed by atoms with Crippen LogP contribution < -0.4 is 5.46 Å². The van der Waals surface area contributed by atoms with Gasteiger partial charge in [0, 0.05) is 42.7 Å². The second-order valence-corrected chi connectivity index (χ2v) is 12.9. The molecule has 3 heterocycles. The Labute approximate surface area is 268 Å². The van der Waals surface area contributed by atoms with Crippen molar-refractivity contribution in [1.82, 2.24) is 19.4 Å². The third kappa shape index (κ3) is 4.99. The van der Waals surface area contributed by atoms with E-state index in [-0.39, 0.29) is 0 Å². The molecule has 0 aliphatic heterocycles. The van der Waals surface area contributed by atoms with Gasteiger partial charge in [0.1, 0.15) is 0 Å². The zero-order valence-electron chi connectivity index (χ0n) is 25.6. The molecule has 45 heavy (non-hydrogen) atoms. The fraction of sp³-hybridized carbons (Fsp3) is 0.154. The molecule has 4 nitrogen and oxygen atoms in total. The zero-order chi connectivity index (χ0) is 30.3. The maximum Gasteiger partial charge on any atom is 0.275 e. The van der Waals surface area contributed by atoms with Gasteiger partial charge in [-0.1, -0.05) is 90.4 Å². The van der Waals surface area contributed by atoms with Crippen molar-refractivity contribution >= 4 is 62.1 Å². The van der Waals surface area contributed by atoms with Crippen LogP contribution in [0.5, 0.6) is 0 Å². The number of fused-ring (bicyclic) bond motifs is 6. The van der Waals surface area contributed by atoms with Crippen LogP contribution in [0.1, 0.15) is 55.0 Å². The van der Waals surface area contributed by atoms with Crippen LogP contribution in [-0.4, -0.2) is 26.8 Å². The molecule has 0 spiro atoms. The Kier molecular flexibility index (Phi) is 7.15. The summed E-state index contributed by atoms with van der Waals surface area (Å²) in [4.78, 5) is 15.1. The van der Waals surface area contributed by atoms with Crippen molar-refractivity contribution in [3.05, 3.63) is 125 Å². The van der Waals surface area contributed by atoms with Crippen LogP contribution in [0.3, 0.4) is 0 Å². The summed E-state index contributed by atoms with van der Waals surface area (Å²) < 4.78 is 4.98. The molecule has 3 aromatic carbocycles. The Balaban J connectivity index is 1.20. The molecule has 0 saturated heterocycles. The number of rotatable bonds is 6. The molecule has 0 bridgehead atoms. The molecule has 0 saturated carbocycles. The van der Waals surface area contributed by atoms with Gasteiger partial charge in [-0.3, -0.25) is 0 Å². The number of allylic oxidation sites excluding steroid dienone is 6. The molecule has 0 radical (unpaired) electrons. The van der Waals surface area contributed by atoms with E-state index in [0.29, 0.717) is 17.5 Å². The summed E-state index contributed by atoms with van der Waals surface area (Å²) in [7, 11) is 0.847. The van der Waals surface area contributed by atoms with Gasteiger partial charge >= 0.3 is 0 Å². The fourth-order valence-electron chi connectivity index (χ4n) is 6.70. The molecule has 0 fully saturated rings. The zero-order valence-corrected chi connectivity index (χ0v) is 26.4. The first-order valence-electron chi connectivity index (χ1n) is 15.8. The minimum absolute atomic E-state index is 0.689. The van der Waals surface area contributed by atoms with Crippen molar-refractivity contribution in [3.8, 4) is 22.8 Å². The highest BCUT2D eigenvalue weighted by Crippen LogP contribution is 2.39. The van der Waals surface area contributed by atoms with Crippen LogP contribution in [0, 0.1) is 0 Å². The molecule has 0 atom stereocenters.